The van der Waals surface area contributed by atoms with Crippen LogP contribution in [0.25, 0.3) is 20.9 Å². The van der Waals surface area contributed by atoms with E-state index in [1.807, 2.05) is 13.8 Å². The summed E-state index contributed by atoms with van der Waals surface area (Å²) in [6.07, 6.45) is 1.39. The fourth-order valence-corrected chi connectivity index (χ4v) is 0.994. The van der Waals surface area contributed by atoms with Crippen LogP contribution in [-0.2, 0) is 0 Å². The third-order valence-corrected chi connectivity index (χ3v) is 1.68. The zero-order chi connectivity index (χ0) is 9.40. The number of rotatable bonds is 5. The average Bonchev–Trinajstić information content (AvgIpc) is 2.11. The number of azide groups is 2. The Bertz CT molecular complexity index is 188. The largest absolute Gasteiger partial charge is 0.0902 e. The lowest BCUT2D eigenvalue weighted by atomic mass is 10.1. The fourth-order valence-electron chi connectivity index (χ4n) is 0.994. The van der Waals surface area contributed by atoms with Gasteiger partial charge in [0.2, 0.25) is 0 Å². The highest BCUT2D eigenvalue weighted by molar-refractivity contribution is 4.80. The molecule has 0 bridgehead atoms. The van der Waals surface area contributed by atoms with Crippen molar-refractivity contribution in [2.24, 2.45) is 10.2 Å². The molecule has 0 spiro atoms. The van der Waals surface area contributed by atoms with Crippen molar-refractivity contribution in [1.82, 2.24) is 0 Å². The lowest BCUT2D eigenvalue weighted by Gasteiger charge is -2.14. The van der Waals surface area contributed by atoms with Gasteiger partial charge in [-0.05, 0) is 23.9 Å². The van der Waals surface area contributed by atoms with E-state index in [-0.39, 0.29) is 12.1 Å². The summed E-state index contributed by atoms with van der Waals surface area (Å²) in [5.41, 5.74) is 16.4. The summed E-state index contributed by atoms with van der Waals surface area (Å²) in [5.74, 6) is 0. The molecule has 0 rings (SSSR count). The van der Waals surface area contributed by atoms with Crippen molar-refractivity contribution >= 4 is 0 Å². The maximum absolute atomic E-state index is 8.20. The van der Waals surface area contributed by atoms with Crippen LogP contribution < -0.4 is 0 Å². The van der Waals surface area contributed by atoms with Gasteiger partial charge in [-0.1, -0.05) is 24.1 Å². The van der Waals surface area contributed by atoms with Crippen LogP contribution in [0.5, 0.6) is 0 Å². The highest BCUT2D eigenvalue weighted by atomic mass is 15.2. The minimum atomic E-state index is -0.212. The van der Waals surface area contributed by atoms with Crippen LogP contribution >= 0.6 is 0 Å². The minimum Gasteiger partial charge on any atom is -0.0902 e. The second kappa shape index (κ2) is 6.34. The van der Waals surface area contributed by atoms with Crippen molar-refractivity contribution in [2.45, 2.75) is 38.8 Å². The second-order valence-corrected chi connectivity index (χ2v) is 2.36. The minimum absolute atomic E-state index is 0.212. The van der Waals surface area contributed by atoms with Gasteiger partial charge in [0.25, 0.3) is 0 Å². The van der Waals surface area contributed by atoms with E-state index >= 15 is 0 Å². The summed E-state index contributed by atoms with van der Waals surface area (Å²) in [7, 11) is 0. The van der Waals surface area contributed by atoms with E-state index < -0.39 is 0 Å². The zero-order valence-electron chi connectivity index (χ0n) is 7.25. The Morgan fingerprint density at radius 1 is 1.00 bits per heavy atom. The van der Waals surface area contributed by atoms with Gasteiger partial charge in [0.1, 0.15) is 0 Å². The van der Waals surface area contributed by atoms with E-state index in [4.69, 9.17) is 11.1 Å². The Balaban J connectivity index is 4.41. The smallest absolute Gasteiger partial charge is 0.0455 e. The highest BCUT2D eigenvalue weighted by Crippen LogP contribution is 2.11. The third-order valence-electron chi connectivity index (χ3n) is 1.68. The van der Waals surface area contributed by atoms with E-state index in [1.54, 1.807) is 0 Å². The van der Waals surface area contributed by atoms with Gasteiger partial charge in [0, 0.05) is 21.9 Å². The molecule has 2 atom stereocenters. The molecule has 0 fully saturated rings. The summed E-state index contributed by atoms with van der Waals surface area (Å²) in [6, 6.07) is -0.424. The van der Waals surface area contributed by atoms with Gasteiger partial charge in [-0.2, -0.15) is 0 Å². The number of nitrogens with zero attached hydrogens (tertiary/aromatic N) is 6. The maximum Gasteiger partial charge on any atom is 0.0455 e. The molecule has 2 unspecified atom stereocenters. The molecule has 6 heteroatoms. The summed E-state index contributed by atoms with van der Waals surface area (Å²) in [5, 5.41) is 7.10. The summed E-state index contributed by atoms with van der Waals surface area (Å²) in [4.78, 5) is 5.40. The van der Waals surface area contributed by atoms with Gasteiger partial charge in [0.05, 0.1) is 0 Å². The van der Waals surface area contributed by atoms with Crippen LogP contribution in [-0.4, -0.2) is 12.1 Å². The van der Waals surface area contributed by atoms with E-state index in [9.17, 15) is 0 Å². The quantitative estimate of drug-likeness (QED) is 0.342. The zero-order valence-corrected chi connectivity index (χ0v) is 7.25. The van der Waals surface area contributed by atoms with Gasteiger partial charge in [-0.3, -0.25) is 0 Å². The number of hydrogen-bond donors (Lipinski definition) is 0. The standard InChI is InChI=1S/C6H12N6/c1-3-5(9-11-7)6(4-2)10-12-8/h5-6H,3-4H2,1-2H3. The molecule has 0 amide bonds. The van der Waals surface area contributed by atoms with Crippen molar-refractivity contribution in [3.05, 3.63) is 20.9 Å². The van der Waals surface area contributed by atoms with Crippen molar-refractivity contribution in [3.8, 4) is 0 Å². The van der Waals surface area contributed by atoms with Crippen LogP contribution in [0.4, 0.5) is 0 Å². The monoisotopic (exact) mass is 168 g/mol. The SMILES string of the molecule is CCC(N=[N+]=[N-])C(CC)N=[N+]=[N-]. The molecule has 0 aromatic rings. The lowest BCUT2D eigenvalue weighted by Crippen LogP contribution is -2.19. The summed E-state index contributed by atoms with van der Waals surface area (Å²) >= 11 is 0. The van der Waals surface area contributed by atoms with E-state index in [0.717, 1.165) is 0 Å². The van der Waals surface area contributed by atoms with E-state index in [0.29, 0.717) is 12.8 Å². The molecule has 0 aliphatic carbocycles. The normalized spacial score (nSPS) is 13.8. The first-order chi connectivity index (χ1) is 5.79. The Morgan fingerprint density at radius 2 is 1.33 bits per heavy atom. The van der Waals surface area contributed by atoms with E-state index in [1.165, 1.54) is 0 Å². The first-order valence-corrected chi connectivity index (χ1v) is 3.88. The van der Waals surface area contributed by atoms with Gasteiger partial charge in [0.15, 0.2) is 0 Å². The average molecular weight is 168 g/mol. The first kappa shape index (κ1) is 10.6. The Labute approximate surface area is 70.8 Å². The fraction of sp³-hybridized carbons (Fsp3) is 1.00. The molecule has 0 saturated carbocycles. The van der Waals surface area contributed by atoms with Crippen molar-refractivity contribution in [3.63, 3.8) is 0 Å². The lowest BCUT2D eigenvalue weighted by molar-refractivity contribution is 0.497. The molecule has 0 radical (unpaired) electrons. The topological polar surface area (TPSA) is 97.5 Å². The molecular formula is C6H12N6. The molecular weight excluding hydrogens is 156 g/mol. The van der Waals surface area contributed by atoms with Crippen molar-refractivity contribution in [1.29, 1.82) is 0 Å². The van der Waals surface area contributed by atoms with Crippen molar-refractivity contribution in [2.75, 3.05) is 0 Å². The van der Waals surface area contributed by atoms with Gasteiger partial charge in [-0.15, -0.1) is 0 Å². The van der Waals surface area contributed by atoms with Crippen LogP contribution in [0.1, 0.15) is 26.7 Å². The molecule has 0 aliphatic heterocycles. The molecule has 0 aliphatic rings. The van der Waals surface area contributed by atoms with Gasteiger partial charge >= 0.3 is 0 Å². The van der Waals surface area contributed by atoms with Gasteiger partial charge < -0.3 is 0 Å². The molecule has 6 nitrogen and oxygen atoms in total. The highest BCUT2D eigenvalue weighted by Gasteiger charge is 2.14. The Hall–Kier alpha value is -1.38. The molecule has 0 saturated heterocycles. The molecule has 0 aromatic heterocycles. The predicted octanol–water partition coefficient (Wildman–Crippen LogP) is 3.16. The second-order valence-electron chi connectivity index (χ2n) is 2.36. The van der Waals surface area contributed by atoms with Gasteiger partial charge in [-0.25, -0.2) is 0 Å². The molecule has 66 valence electrons. The molecule has 0 N–H and O–H groups in total. The maximum atomic E-state index is 8.20. The summed E-state index contributed by atoms with van der Waals surface area (Å²) < 4.78 is 0. The number of hydrogen-bond acceptors (Lipinski definition) is 2. The molecule has 0 aromatic carbocycles. The Kier molecular flexibility index (Phi) is 5.61. The third kappa shape index (κ3) is 3.14. The van der Waals surface area contributed by atoms with Crippen LogP contribution in [0, 0.1) is 0 Å². The van der Waals surface area contributed by atoms with E-state index in [2.05, 4.69) is 20.1 Å². The molecule has 12 heavy (non-hydrogen) atoms. The van der Waals surface area contributed by atoms with Crippen LogP contribution in [0.3, 0.4) is 0 Å². The Morgan fingerprint density at radius 3 is 1.50 bits per heavy atom. The van der Waals surface area contributed by atoms with Crippen LogP contribution in [0.15, 0.2) is 10.2 Å². The predicted molar refractivity (Wildman–Crippen MR) is 46.5 cm³/mol. The molecule has 0 heterocycles. The van der Waals surface area contributed by atoms with Crippen molar-refractivity contribution < 1.29 is 0 Å². The first-order valence-electron chi connectivity index (χ1n) is 3.88. The summed E-state index contributed by atoms with van der Waals surface area (Å²) in [6.45, 7) is 3.80. The van der Waals surface area contributed by atoms with Crippen LogP contribution in [0.2, 0.25) is 0 Å².